The van der Waals surface area contributed by atoms with Gasteiger partial charge in [0.15, 0.2) is 0 Å². The lowest BCUT2D eigenvalue weighted by Crippen LogP contribution is -2.02. The molecule has 0 aliphatic carbocycles. The molecule has 0 unspecified atom stereocenters. The van der Waals surface area contributed by atoms with Crippen LogP contribution < -0.4 is 4.74 Å². The molecule has 0 bridgehead atoms. The molecule has 0 aliphatic heterocycles. The molecule has 5 nitrogen and oxygen atoms in total. The van der Waals surface area contributed by atoms with Crippen molar-refractivity contribution in [2.75, 3.05) is 0 Å². The summed E-state index contributed by atoms with van der Waals surface area (Å²) in [5.41, 5.74) is 4.06. The smallest absolute Gasteiger partial charge is 0.213 e. The first-order valence-corrected chi connectivity index (χ1v) is 8.66. The zero-order valence-electron chi connectivity index (χ0n) is 13.6. The average molecular weight is 418 g/mol. The number of aryl methyl sites for hydroxylation is 1. The van der Waals surface area contributed by atoms with Crippen LogP contribution in [-0.2, 0) is 6.61 Å². The fourth-order valence-electron chi connectivity index (χ4n) is 2.46. The molecule has 7 heteroatoms. The lowest BCUT2D eigenvalue weighted by Gasteiger charge is -2.08. The average Bonchev–Trinajstić information content (AvgIpc) is 2.89. The predicted octanol–water partition coefficient (Wildman–Crippen LogP) is 4.75. The van der Waals surface area contributed by atoms with Crippen molar-refractivity contribution in [1.82, 2.24) is 14.8 Å². The van der Waals surface area contributed by atoms with Gasteiger partial charge in [0, 0.05) is 28.0 Å². The summed E-state index contributed by atoms with van der Waals surface area (Å²) in [6.07, 6.45) is 1.69. The van der Waals surface area contributed by atoms with Crippen LogP contribution in [0.3, 0.4) is 0 Å². The third-order valence-corrected chi connectivity index (χ3v) is 4.61. The molecule has 25 heavy (non-hydrogen) atoms. The van der Waals surface area contributed by atoms with Crippen LogP contribution in [-0.4, -0.2) is 14.8 Å². The second kappa shape index (κ2) is 7.26. The van der Waals surface area contributed by atoms with E-state index in [1.165, 1.54) is 0 Å². The van der Waals surface area contributed by atoms with Gasteiger partial charge in [0.1, 0.15) is 12.7 Å². The highest BCUT2D eigenvalue weighted by Gasteiger charge is 2.14. The van der Waals surface area contributed by atoms with Gasteiger partial charge in [-0.2, -0.15) is 10.4 Å². The number of halogens is 2. The van der Waals surface area contributed by atoms with Crippen LogP contribution >= 0.6 is 27.5 Å². The van der Waals surface area contributed by atoms with E-state index in [1.54, 1.807) is 29.1 Å². The summed E-state index contributed by atoms with van der Waals surface area (Å²) >= 11 is 9.48. The molecule has 0 saturated carbocycles. The van der Waals surface area contributed by atoms with Gasteiger partial charge in [0.25, 0.3) is 0 Å². The van der Waals surface area contributed by atoms with E-state index in [0.717, 1.165) is 27.1 Å². The fraction of sp³-hybridized carbons (Fsp3) is 0.167. The summed E-state index contributed by atoms with van der Waals surface area (Å²) in [5.74, 6) is 0.552. The SMILES string of the molecule is Cc1nn(-c2ccc(C#N)c(Cl)c2)c(C)c1COc1ccc(Br)cn1. The number of pyridine rings is 1. The Morgan fingerprint density at radius 1 is 1.28 bits per heavy atom. The molecule has 0 saturated heterocycles. The van der Waals surface area contributed by atoms with E-state index in [2.05, 4.69) is 32.1 Å². The van der Waals surface area contributed by atoms with Crippen molar-refractivity contribution in [2.24, 2.45) is 0 Å². The maximum Gasteiger partial charge on any atom is 0.213 e. The topological polar surface area (TPSA) is 63.7 Å². The zero-order valence-corrected chi connectivity index (χ0v) is 16.0. The monoisotopic (exact) mass is 416 g/mol. The number of hydrogen-bond donors (Lipinski definition) is 0. The lowest BCUT2D eigenvalue weighted by atomic mass is 10.2. The van der Waals surface area contributed by atoms with E-state index >= 15 is 0 Å². The largest absolute Gasteiger partial charge is 0.473 e. The summed E-state index contributed by atoms with van der Waals surface area (Å²) in [7, 11) is 0. The molecule has 0 aliphatic rings. The quantitative estimate of drug-likeness (QED) is 0.614. The van der Waals surface area contributed by atoms with Crippen LogP contribution in [0.15, 0.2) is 41.0 Å². The Labute approximate surface area is 159 Å². The third kappa shape index (κ3) is 3.68. The minimum atomic E-state index is 0.371. The zero-order chi connectivity index (χ0) is 18.0. The number of benzene rings is 1. The van der Waals surface area contributed by atoms with Crippen molar-refractivity contribution >= 4 is 27.5 Å². The molecule has 126 valence electrons. The molecule has 0 fully saturated rings. The Bertz CT molecular complexity index is 960. The van der Waals surface area contributed by atoms with Gasteiger partial charge in [-0.3, -0.25) is 0 Å². The van der Waals surface area contributed by atoms with Crippen molar-refractivity contribution in [3.05, 3.63) is 68.5 Å². The summed E-state index contributed by atoms with van der Waals surface area (Å²) < 4.78 is 8.47. The van der Waals surface area contributed by atoms with Gasteiger partial charge in [-0.15, -0.1) is 0 Å². The van der Waals surface area contributed by atoms with Crippen molar-refractivity contribution in [2.45, 2.75) is 20.5 Å². The Morgan fingerprint density at radius 3 is 2.72 bits per heavy atom. The van der Waals surface area contributed by atoms with Gasteiger partial charge in [-0.1, -0.05) is 11.6 Å². The summed E-state index contributed by atoms with van der Waals surface area (Å²) in [6.45, 7) is 4.28. The molecule has 3 rings (SSSR count). The second-order valence-corrected chi connectivity index (χ2v) is 6.76. The number of rotatable bonds is 4. The van der Waals surface area contributed by atoms with Crippen molar-refractivity contribution in [3.63, 3.8) is 0 Å². The first-order valence-electron chi connectivity index (χ1n) is 7.49. The molecule has 0 spiro atoms. The van der Waals surface area contributed by atoms with Crippen LogP contribution in [0, 0.1) is 25.2 Å². The number of nitriles is 1. The number of ether oxygens (including phenoxy) is 1. The van der Waals surface area contributed by atoms with Crippen LogP contribution in [0.4, 0.5) is 0 Å². The standard InChI is InChI=1S/C18H14BrClN4O/c1-11-16(10-25-18-6-4-14(19)9-22-18)12(2)24(23-11)15-5-3-13(8-21)17(20)7-15/h3-7,9H,10H2,1-2H3. The molecule has 0 N–H and O–H groups in total. The predicted molar refractivity (Wildman–Crippen MR) is 99.0 cm³/mol. The molecule has 0 atom stereocenters. The minimum absolute atomic E-state index is 0.371. The van der Waals surface area contributed by atoms with E-state index in [4.69, 9.17) is 21.6 Å². The molecule has 3 aromatic rings. The Kier molecular flexibility index (Phi) is 5.07. The first-order chi connectivity index (χ1) is 12.0. The number of nitrogens with zero attached hydrogens (tertiary/aromatic N) is 4. The summed E-state index contributed by atoms with van der Waals surface area (Å²) in [4.78, 5) is 4.20. The fourth-order valence-corrected chi connectivity index (χ4v) is 2.91. The normalized spacial score (nSPS) is 10.5. The van der Waals surface area contributed by atoms with Gasteiger partial charge in [-0.25, -0.2) is 9.67 Å². The van der Waals surface area contributed by atoms with Gasteiger partial charge >= 0.3 is 0 Å². The number of aromatic nitrogens is 3. The van der Waals surface area contributed by atoms with Crippen LogP contribution in [0.25, 0.3) is 5.69 Å². The van der Waals surface area contributed by atoms with Crippen molar-refractivity contribution in [3.8, 4) is 17.6 Å². The van der Waals surface area contributed by atoms with E-state index < -0.39 is 0 Å². The van der Waals surface area contributed by atoms with Crippen molar-refractivity contribution in [1.29, 1.82) is 5.26 Å². The minimum Gasteiger partial charge on any atom is -0.473 e. The third-order valence-electron chi connectivity index (χ3n) is 3.82. The lowest BCUT2D eigenvalue weighted by molar-refractivity contribution is 0.292. The molecular weight excluding hydrogens is 404 g/mol. The molecule has 0 radical (unpaired) electrons. The van der Waals surface area contributed by atoms with Crippen LogP contribution in [0.1, 0.15) is 22.5 Å². The molecular formula is C18H14BrClN4O. The van der Waals surface area contributed by atoms with E-state index in [-0.39, 0.29) is 0 Å². The second-order valence-electron chi connectivity index (χ2n) is 5.44. The van der Waals surface area contributed by atoms with Gasteiger partial charge in [0.05, 0.1) is 22.0 Å². The summed E-state index contributed by atoms with van der Waals surface area (Å²) in [6, 6.07) is 11.0. The van der Waals surface area contributed by atoms with Gasteiger partial charge < -0.3 is 4.74 Å². The maximum absolute atomic E-state index is 9.00. The highest BCUT2D eigenvalue weighted by Crippen LogP contribution is 2.24. The summed E-state index contributed by atoms with van der Waals surface area (Å²) in [5, 5.41) is 14.0. The number of hydrogen-bond acceptors (Lipinski definition) is 4. The van der Waals surface area contributed by atoms with Crippen LogP contribution in [0.2, 0.25) is 5.02 Å². The molecule has 2 heterocycles. The Hall–Kier alpha value is -2.36. The highest BCUT2D eigenvalue weighted by atomic mass is 79.9. The molecule has 2 aromatic heterocycles. The van der Waals surface area contributed by atoms with Gasteiger partial charge in [-0.05, 0) is 54.0 Å². The molecule has 0 amide bonds. The van der Waals surface area contributed by atoms with E-state index in [9.17, 15) is 0 Å². The van der Waals surface area contributed by atoms with Crippen LogP contribution in [0.5, 0.6) is 5.88 Å². The maximum atomic E-state index is 9.00. The Balaban J connectivity index is 1.87. The first kappa shape index (κ1) is 17.5. The van der Waals surface area contributed by atoms with E-state index in [0.29, 0.717) is 23.1 Å². The van der Waals surface area contributed by atoms with Gasteiger partial charge in [0.2, 0.25) is 5.88 Å². The van der Waals surface area contributed by atoms with E-state index in [1.807, 2.05) is 26.0 Å². The van der Waals surface area contributed by atoms with Crippen molar-refractivity contribution < 1.29 is 4.74 Å². The highest BCUT2D eigenvalue weighted by molar-refractivity contribution is 9.10. The Morgan fingerprint density at radius 2 is 2.08 bits per heavy atom. The molecule has 1 aromatic carbocycles.